The molecule has 0 spiro atoms. The van der Waals surface area contributed by atoms with Crippen molar-refractivity contribution in [3.8, 4) is 34.1 Å². The minimum atomic E-state index is -4.40. The van der Waals surface area contributed by atoms with Crippen molar-refractivity contribution in [3.63, 3.8) is 0 Å². The van der Waals surface area contributed by atoms with Gasteiger partial charge in [-0.05, 0) is 123 Å². The standard InChI is InChI=1S/C37H31F6NO/c1-2-3-4-5-23-6-10-25(11-7-23)26-12-16-30(32(38)18-26)27-13-17-31(33(39)19-27)28-20-34(40)36(35(41)21-28)37(42,43)45-29-14-8-24(22-44)9-15-29/h2-3,8-9,12-21,23,25H,4-7,10-11H2,1H3/b3-2+. The third-order valence-corrected chi connectivity index (χ3v) is 8.44. The first-order valence-corrected chi connectivity index (χ1v) is 14.9. The second-order valence-electron chi connectivity index (χ2n) is 11.4. The number of benzene rings is 4. The Morgan fingerprint density at radius 1 is 0.778 bits per heavy atom. The lowest BCUT2D eigenvalue weighted by Crippen LogP contribution is -2.25. The van der Waals surface area contributed by atoms with Crippen molar-refractivity contribution in [3.05, 3.63) is 125 Å². The number of hydrogen-bond acceptors (Lipinski definition) is 2. The Morgan fingerprint density at radius 2 is 1.38 bits per heavy atom. The first kappa shape index (κ1) is 31.9. The Labute approximate surface area is 258 Å². The summed E-state index contributed by atoms with van der Waals surface area (Å²) in [5.74, 6) is -4.15. The number of alkyl halides is 2. The van der Waals surface area contributed by atoms with E-state index in [1.165, 1.54) is 30.3 Å². The molecule has 4 aromatic rings. The van der Waals surface area contributed by atoms with Crippen LogP contribution in [0, 0.1) is 40.5 Å². The van der Waals surface area contributed by atoms with Crippen molar-refractivity contribution in [1.82, 2.24) is 0 Å². The van der Waals surface area contributed by atoms with Gasteiger partial charge in [0.05, 0.1) is 11.6 Å². The molecule has 8 heteroatoms. The summed E-state index contributed by atoms with van der Waals surface area (Å²) in [6, 6.07) is 16.2. The fraction of sp³-hybridized carbons (Fsp3) is 0.270. The number of allylic oxidation sites excluding steroid dienone is 2. The minimum Gasteiger partial charge on any atom is -0.429 e. The van der Waals surface area contributed by atoms with Gasteiger partial charge in [-0.3, -0.25) is 0 Å². The quantitative estimate of drug-likeness (QED) is 0.138. The third kappa shape index (κ3) is 7.25. The number of ether oxygens (including phenoxy) is 1. The van der Waals surface area contributed by atoms with E-state index in [1.54, 1.807) is 6.07 Å². The second kappa shape index (κ2) is 13.6. The molecule has 45 heavy (non-hydrogen) atoms. The second-order valence-corrected chi connectivity index (χ2v) is 11.4. The summed E-state index contributed by atoms with van der Waals surface area (Å²) in [6.07, 6.45) is 6.25. The molecule has 4 aromatic carbocycles. The minimum absolute atomic E-state index is 0.177. The molecule has 5 rings (SSSR count). The summed E-state index contributed by atoms with van der Waals surface area (Å²) in [5, 5.41) is 8.84. The van der Waals surface area contributed by atoms with E-state index < -0.39 is 40.7 Å². The van der Waals surface area contributed by atoms with E-state index in [-0.39, 0.29) is 33.7 Å². The Balaban J connectivity index is 1.32. The summed E-state index contributed by atoms with van der Waals surface area (Å²) >= 11 is 0. The Bertz CT molecular complexity index is 1710. The van der Waals surface area contributed by atoms with Gasteiger partial charge in [-0.25, -0.2) is 17.6 Å². The highest BCUT2D eigenvalue weighted by molar-refractivity contribution is 5.72. The van der Waals surface area contributed by atoms with Gasteiger partial charge in [0.15, 0.2) is 0 Å². The van der Waals surface area contributed by atoms with E-state index in [1.807, 2.05) is 19.1 Å². The highest BCUT2D eigenvalue weighted by Gasteiger charge is 2.41. The van der Waals surface area contributed by atoms with Gasteiger partial charge >= 0.3 is 6.11 Å². The van der Waals surface area contributed by atoms with Gasteiger partial charge in [-0.2, -0.15) is 14.0 Å². The van der Waals surface area contributed by atoms with Crippen molar-refractivity contribution < 1.29 is 31.1 Å². The molecule has 0 aromatic heterocycles. The van der Waals surface area contributed by atoms with E-state index in [4.69, 9.17) is 5.26 Å². The lowest BCUT2D eigenvalue weighted by molar-refractivity contribution is -0.189. The number of nitriles is 1. The van der Waals surface area contributed by atoms with Gasteiger partial charge in [-0.1, -0.05) is 36.4 Å². The summed E-state index contributed by atoms with van der Waals surface area (Å²) in [5.41, 5.74) is -0.705. The van der Waals surface area contributed by atoms with E-state index in [2.05, 4.69) is 16.9 Å². The van der Waals surface area contributed by atoms with Crippen LogP contribution in [-0.2, 0) is 6.11 Å². The van der Waals surface area contributed by atoms with Gasteiger partial charge in [0.1, 0.15) is 34.6 Å². The topological polar surface area (TPSA) is 33.0 Å². The molecular weight excluding hydrogens is 588 g/mol. The summed E-state index contributed by atoms with van der Waals surface area (Å²) in [7, 11) is 0. The number of rotatable bonds is 9. The third-order valence-electron chi connectivity index (χ3n) is 8.44. The average Bonchev–Trinajstić information content (AvgIpc) is 3.01. The molecule has 0 aliphatic heterocycles. The molecule has 0 amide bonds. The Morgan fingerprint density at radius 3 is 1.98 bits per heavy atom. The normalized spacial score (nSPS) is 16.9. The number of nitrogens with zero attached hydrogens (tertiary/aromatic N) is 1. The van der Waals surface area contributed by atoms with Crippen LogP contribution in [0.25, 0.3) is 22.3 Å². The molecule has 2 nitrogen and oxygen atoms in total. The smallest absolute Gasteiger partial charge is 0.429 e. The Kier molecular flexibility index (Phi) is 9.67. The average molecular weight is 620 g/mol. The predicted molar refractivity (Wildman–Crippen MR) is 162 cm³/mol. The zero-order chi connectivity index (χ0) is 32.1. The maximum Gasteiger partial charge on any atom is 0.432 e. The highest BCUT2D eigenvalue weighted by Crippen LogP contribution is 2.40. The van der Waals surface area contributed by atoms with E-state index in [0.29, 0.717) is 18.1 Å². The van der Waals surface area contributed by atoms with Crippen molar-refractivity contribution in [2.75, 3.05) is 0 Å². The maximum atomic E-state index is 15.3. The van der Waals surface area contributed by atoms with Crippen LogP contribution in [0.4, 0.5) is 26.3 Å². The van der Waals surface area contributed by atoms with E-state index in [9.17, 15) is 17.6 Å². The van der Waals surface area contributed by atoms with E-state index in [0.717, 1.165) is 62.3 Å². The Hall–Kier alpha value is -4.51. The molecule has 1 aliphatic carbocycles. The van der Waals surface area contributed by atoms with Crippen LogP contribution >= 0.6 is 0 Å². The van der Waals surface area contributed by atoms with Crippen molar-refractivity contribution >= 4 is 0 Å². The lowest BCUT2D eigenvalue weighted by atomic mass is 9.77. The SMILES string of the molecule is C/C=C/CCC1CCC(c2ccc(-c3ccc(-c4cc(F)c(C(F)(F)Oc5ccc(C#N)cc5)c(F)c4)c(F)c3)c(F)c2)CC1. The molecule has 0 atom stereocenters. The first-order valence-electron chi connectivity index (χ1n) is 14.9. The molecule has 0 N–H and O–H groups in total. The molecule has 0 heterocycles. The molecule has 1 saturated carbocycles. The van der Waals surface area contributed by atoms with Crippen molar-refractivity contribution in [2.45, 2.75) is 57.5 Å². The van der Waals surface area contributed by atoms with Crippen LogP contribution in [0.5, 0.6) is 5.75 Å². The molecular formula is C37H31F6NO. The molecule has 0 radical (unpaired) electrons. The number of halogens is 6. The molecule has 232 valence electrons. The highest BCUT2D eigenvalue weighted by atomic mass is 19.3. The van der Waals surface area contributed by atoms with E-state index >= 15 is 8.78 Å². The molecule has 0 saturated heterocycles. The van der Waals surface area contributed by atoms with Gasteiger partial charge in [0.25, 0.3) is 0 Å². The zero-order valence-electron chi connectivity index (χ0n) is 24.6. The predicted octanol–water partition coefficient (Wildman–Crippen LogP) is 11.2. The van der Waals surface area contributed by atoms with Gasteiger partial charge in [-0.15, -0.1) is 0 Å². The van der Waals surface area contributed by atoms with Gasteiger partial charge < -0.3 is 4.74 Å². The number of hydrogen-bond donors (Lipinski definition) is 0. The van der Waals surface area contributed by atoms with Crippen molar-refractivity contribution in [1.29, 1.82) is 5.26 Å². The van der Waals surface area contributed by atoms with Crippen molar-refractivity contribution in [2.24, 2.45) is 5.92 Å². The monoisotopic (exact) mass is 619 g/mol. The van der Waals surface area contributed by atoms with Crippen LogP contribution in [0.1, 0.15) is 68.1 Å². The largest absolute Gasteiger partial charge is 0.432 e. The van der Waals surface area contributed by atoms with Crippen LogP contribution in [0.2, 0.25) is 0 Å². The van der Waals surface area contributed by atoms with Crippen LogP contribution in [0.15, 0.2) is 84.9 Å². The van der Waals surface area contributed by atoms with Gasteiger partial charge in [0, 0.05) is 11.1 Å². The molecule has 0 bridgehead atoms. The molecule has 0 unspecified atom stereocenters. The summed E-state index contributed by atoms with van der Waals surface area (Å²) in [6.45, 7) is 2.02. The fourth-order valence-corrected chi connectivity index (χ4v) is 6.02. The summed E-state index contributed by atoms with van der Waals surface area (Å²) < 4.78 is 94.4. The van der Waals surface area contributed by atoms with Gasteiger partial charge in [0.2, 0.25) is 0 Å². The fourth-order valence-electron chi connectivity index (χ4n) is 6.02. The molecule has 1 fully saturated rings. The van der Waals surface area contributed by atoms with Crippen LogP contribution in [0.3, 0.4) is 0 Å². The van der Waals surface area contributed by atoms with Crippen LogP contribution in [-0.4, -0.2) is 0 Å². The van der Waals surface area contributed by atoms with Crippen LogP contribution < -0.4 is 4.74 Å². The summed E-state index contributed by atoms with van der Waals surface area (Å²) in [4.78, 5) is 0. The zero-order valence-corrected chi connectivity index (χ0v) is 24.6. The maximum absolute atomic E-state index is 15.3. The first-order chi connectivity index (χ1) is 21.6. The molecule has 1 aliphatic rings. The lowest BCUT2D eigenvalue weighted by Gasteiger charge is -2.28.